The number of carbonyl (C=O) groups is 2. The molecule has 5 nitrogen and oxygen atoms in total. The zero-order valence-electron chi connectivity index (χ0n) is 15.3. The van der Waals surface area contributed by atoms with E-state index < -0.39 is 18.1 Å². The molecular weight excluding hydrogens is 342 g/mol. The summed E-state index contributed by atoms with van der Waals surface area (Å²) in [7, 11) is 0. The minimum absolute atomic E-state index is 0.0201. The van der Waals surface area contributed by atoms with Gasteiger partial charge in [0.05, 0.1) is 0 Å². The third-order valence-corrected chi connectivity index (χ3v) is 5.72. The standard InChI is InChI=1S/C22H23NO4/c1-14-10-11-23(20(12-14)21(24)25)22(26)27-13-19-17-8-4-2-6-15(17)16-7-3-5-9-18(16)19/h2-9,14,19-20H,10-13H2,1H3,(H,24,25)/t14-,20-/m1/s1. The van der Waals surface area contributed by atoms with Crippen LogP contribution in [-0.2, 0) is 9.53 Å². The van der Waals surface area contributed by atoms with Gasteiger partial charge in [-0.05, 0) is 41.0 Å². The van der Waals surface area contributed by atoms with E-state index in [0.717, 1.165) is 17.5 Å². The molecule has 0 unspecified atom stereocenters. The minimum Gasteiger partial charge on any atom is -0.480 e. The molecule has 2 aliphatic rings. The van der Waals surface area contributed by atoms with Crippen molar-refractivity contribution in [3.8, 4) is 11.1 Å². The lowest BCUT2D eigenvalue weighted by atomic mass is 9.93. The number of carbonyl (C=O) groups excluding carboxylic acids is 1. The van der Waals surface area contributed by atoms with Gasteiger partial charge in [-0.25, -0.2) is 9.59 Å². The number of piperidine rings is 1. The number of fused-ring (bicyclic) bond motifs is 3. The van der Waals surface area contributed by atoms with Crippen LogP contribution < -0.4 is 0 Å². The van der Waals surface area contributed by atoms with E-state index in [9.17, 15) is 14.7 Å². The van der Waals surface area contributed by atoms with Gasteiger partial charge in [0.25, 0.3) is 0 Å². The lowest BCUT2D eigenvalue weighted by molar-refractivity contribution is -0.144. The molecule has 0 aromatic heterocycles. The van der Waals surface area contributed by atoms with Crippen LogP contribution in [0.1, 0.15) is 36.8 Å². The molecule has 1 amide bonds. The lowest BCUT2D eigenvalue weighted by Gasteiger charge is -2.35. The largest absolute Gasteiger partial charge is 0.480 e. The van der Waals surface area contributed by atoms with E-state index in [-0.39, 0.29) is 12.5 Å². The maximum absolute atomic E-state index is 12.6. The number of aliphatic carboxylic acids is 1. The van der Waals surface area contributed by atoms with Gasteiger partial charge in [0.15, 0.2) is 0 Å². The molecule has 0 spiro atoms. The molecule has 27 heavy (non-hydrogen) atoms. The Hall–Kier alpha value is -2.82. The summed E-state index contributed by atoms with van der Waals surface area (Å²) in [5.74, 6) is -0.688. The first-order chi connectivity index (χ1) is 13.1. The first-order valence-electron chi connectivity index (χ1n) is 9.40. The fourth-order valence-corrected chi connectivity index (χ4v) is 4.27. The van der Waals surface area contributed by atoms with Crippen molar-refractivity contribution in [2.45, 2.75) is 31.7 Å². The van der Waals surface area contributed by atoms with Crippen molar-refractivity contribution in [2.75, 3.05) is 13.2 Å². The summed E-state index contributed by atoms with van der Waals surface area (Å²) in [6, 6.07) is 15.5. The molecule has 1 saturated heterocycles. The van der Waals surface area contributed by atoms with E-state index in [1.165, 1.54) is 16.0 Å². The van der Waals surface area contributed by atoms with Gasteiger partial charge >= 0.3 is 12.1 Å². The summed E-state index contributed by atoms with van der Waals surface area (Å²) in [5, 5.41) is 9.47. The molecule has 1 N–H and O–H groups in total. The fraction of sp³-hybridized carbons (Fsp3) is 0.364. The van der Waals surface area contributed by atoms with Crippen molar-refractivity contribution in [2.24, 2.45) is 5.92 Å². The van der Waals surface area contributed by atoms with E-state index in [0.29, 0.717) is 18.9 Å². The Morgan fingerprint density at radius 2 is 1.67 bits per heavy atom. The molecule has 0 bridgehead atoms. The van der Waals surface area contributed by atoms with Gasteiger partial charge in [-0.15, -0.1) is 0 Å². The summed E-state index contributed by atoms with van der Waals surface area (Å²) in [5.41, 5.74) is 4.64. The van der Waals surface area contributed by atoms with Gasteiger partial charge in [0.1, 0.15) is 12.6 Å². The van der Waals surface area contributed by atoms with Crippen LogP contribution in [0.15, 0.2) is 48.5 Å². The summed E-state index contributed by atoms with van der Waals surface area (Å²) in [6.45, 7) is 2.66. The van der Waals surface area contributed by atoms with Gasteiger partial charge < -0.3 is 9.84 Å². The van der Waals surface area contributed by atoms with Crippen molar-refractivity contribution < 1.29 is 19.4 Å². The maximum atomic E-state index is 12.6. The second-order valence-electron chi connectivity index (χ2n) is 7.48. The lowest BCUT2D eigenvalue weighted by Crippen LogP contribution is -2.50. The van der Waals surface area contributed by atoms with Crippen LogP contribution in [0.3, 0.4) is 0 Å². The van der Waals surface area contributed by atoms with Crippen molar-refractivity contribution in [3.05, 3.63) is 59.7 Å². The normalized spacial score (nSPS) is 21.4. The summed E-state index contributed by atoms with van der Waals surface area (Å²) < 4.78 is 5.62. The Morgan fingerprint density at radius 3 is 2.26 bits per heavy atom. The highest BCUT2D eigenvalue weighted by Crippen LogP contribution is 2.44. The highest BCUT2D eigenvalue weighted by Gasteiger charge is 2.36. The number of ether oxygens (including phenoxy) is 1. The fourth-order valence-electron chi connectivity index (χ4n) is 4.27. The molecule has 1 aliphatic carbocycles. The third-order valence-electron chi connectivity index (χ3n) is 5.72. The number of benzene rings is 2. The summed E-state index contributed by atoms with van der Waals surface area (Å²) in [6.07, 6.45) is 0.740. The maximum Gasteiger partial charge on any atom is 0.410 e. The Bertz CT molecular complexity index is 833. The van der Waals surface area contributed by atoms with E-state index in [1.54, 1.807) is 0 Å². The first-order valence-corrected chi connectivity index (χ1v) is 9.40. The third kappa shape index (κ3) is 3.18. The molecule has 2 aromatic rings. The monoisotopic (exact) mass is 365 g/mol. The quantitative estimate of drug-likeness (QED) is 0.888. The first kappa shape index (κ1) is 17.6. The number of rotatable bonds is 3. The average Bonchev–Trinajstić information content (AvgIpc) is 3.00. The number of hydrogen-bond donors (Lipinski definition) is 1. The van der Waals surface area contributed by atoms with Crippen LogP contribution in [0.2, 0.25) is 0 Å². The molecule has 0 saturated carbocycles. The second-order valence-corrected chi connectivity index (χ2v) is 7.48. The number of amides is 1. The van der Waals surface area contributed by atoms with Crippen LogP contribution in [0, 0.1) is 5.92 Å². The second kappa shape index (κ2) is 7.06. The van der Waals surface area contributed by atoms with Gasteiger partial charge in [-0.1, -0.05) is 55.5 Å². The number of hydrogen-bond acceptors (Lipinski definition) is 3. The zero-order valence-corrected chi connectivity index (χ0v) is 15.3. The van der Waals surface area contributed by atoms with Crippen LogP contribution in [0.4, 0.5) is 4.79 Å². The van der Waals surface area contributed by atoms with Crippen LogP contribution in [0.25, 0.3) is 11.1 Å². The van der Waals surface area contributed by atoms with Crippen molar-refractivity contribution >= 4 is 12.1 Å². The summed E-state index contributed by atoms with van der Waals surface area (Å²) >= 11 is 0. The molecule has 140 valence electrons. The smallest absolute Gasteiger partial charge is 0.410 e. The Labute approximate surface area is 158 Å². The van der Waals surface area contributed by atoms with Crippen LogP contribution in [0.5, 0.6) is 0 Å². The topological polar surface area (TPSA) is 66.8 Å². The number of carboxylic acid groups (broad SMARTS) is 1. The molecule has 1 heterocycles. The van der Waals surface area contributed by atoms with Crippen LogP contribution >= 0.6 is 0 Å². The van der Waals surface area contributed by atoms with E-state index >= 15 is 0 Å². The Kier molecular flexibility index (Phi) is 4.60. The highest BCUT2D eigenvalue weighted by atomic mass is 16.6. The van der Waals surface area contributed by atoms with E-state index in [2.05, 4.69) is 24.3 Å². The predicted octanol–water partition coefficient (Wildman–Crippen LogP) is 4.12. The Balaban J connectivity index is 1.52. The van der Waals surface area contributed by atoms with Crippen molar-refractivity contribution in [1.82, 2.24) is 4.90 Å². The molecule has 0 radical (unpaired) electrons. The van der Waals surface area contributed by atoms with Gasteiger partial charge in [-0.3, -0.25) is 4.90 Å². The molecular formula is C22H23NO4. The van der Waals surface area contributed by atoms with Crippen LogP contribution in [-0.4, -0.2) is 41.3 Å². The predicted molar refractivity (Wildman–Crippen MR) is 102 cm³/mol. The molecule has 1 aliphatic heterocycles. The minimum atomic E-state index is -0.963. The van der Waals surface area contributed by atoms with Crippen molar-refractivity contribution in [1.29, 1.82) is 0 Å². The van der Waals surface area contributed by atoms with Crippen molar-refractivity contribution in [3.63, 3.8) is 0 Å². The number of carboxylic acids is 1. The average molecular weight is 365 g/mol. The molecule has 4 rings (SSSR count). The molecule has 1 fully saturated rings. The van der Waals surface area contributed by atoms with Gasteiger partial charge in [0, 0.05) is 12.5 Å². The zero-order chi connectivity index (χ0) is 19.0. The van der Waals surface area contributed by atoms with Gasteiger partial charge in [0.2, 0.25) is 0 Å². The Morgan fingerprint density at radius 1 is 1.07 bits per heavy atom. The molecule has 2 atom stereocenters. The molecule has 2 aromatic carbocycles. The van der Waals surface area contributed by atoms with Gasteiger partial charge in [-0.2, -0.15) is 0 Å². The van der Waals surface area contributed by atoms with E-state index in [4.69, 9.17) is 4.74 Å². The summed E-state index contributed by atoms with van der Waals surface area (Å²) in [4.78, 5) is 25.6. The molecule has 5 heteroatoms. The highest BCUT2D eigenvalue weighted by molar-refractivity contribution is 5.81. The number of nitrogens with zero attached hydrogens (tertiary/aromatic N) is 1. The van der Waals surface area contributed by atoms with E-state index in [1.807, 2.05) is 31.2 Å². The SMILES string of the molecule is C[C@@H]1CCN(C(=O)OCC2c3ccccc3-c3ccccc32)[C@@H](C(=O)O)C1. The number of likely N-dealkylation sites (tertiary alicyclic amines) is 1.